The minimum absolute atomic E-state index is 0.222. The maximum Gasteiger partial charge on any atom is 0.263 e. The molecule has 1 atom stereocenters. The van der Waals surface area contributed by atoms with Gasteiger partial charge < -0.3 is 0 Å². The first-order chi connectivity index (χ1) is 15.1. The summed E-state index contributed by atoms with van der Waals surface area (Å²) in [6.07, 6.45) is 3.59. The van der Waals surface area contributed by atoms with Gasteiger partial charge in [0.15, 0.2) is 0 Å². The fraction of sp³-hybridized carbons (Fsp3) is 0.217. The molecule has 6 nitrogen and oxygen atoms in total. The molecule has 1 saturated heterocycles. The molecule has 0 bridgehead atoms. The van der Waals surface area contributed by atoms with Crippen molar-refractivity contribution in [2.75, 3.05) is 11.3 Å². The van der Waals surface area contributed by atoms with E-state index < -0.39 is 10.0 Å². The summed E-state index contributed by atoms with van der Waals surface area (Å²) in [7, 11) is -3.71. The van der Waals surface area contributed by atoms with Gasteiger partial charge in [-0.3, -0.25) is 9.62 Å². The molecule has 0 amide bonds. The summed E-state index contributed by atoms with van der Waals surface area (Å²) in [6.45, 7) is 1.98. The average molecular weight is 451 g/mol. The van der Waals surface area contributed by atoms with E-state index in [0.29, 0.717) is 6.04 Å². The number of hydrogen-bond donors (Lipinski definition) is 1. The Morgan fingerprint density at radius 1 is 1.06 bits per heavy atom. The highest BCUT2D eigenvalue weighted by atomic mass is 32.2. The molecule has 1 aromatic heterocycles. The number of fused-ring (bicyclic) bond motifs is 1. The lowest BCUT2D eigenvalue weighted by Gasteiger charge is -2.26. The molecule has 8 heteroatoms. The first kappa shape index (κ1) is 20.1. The second kappa shape index (κ2) is 8.37. The minimum Gasteiger partial charge on any atom is -0.292 e. The van der Waals surface area contributed by atoms with Crippen LogP contribution >= 0.6 is 11.5 Å². The first-order valence-corrected chi connectivity index (χ1v) is 12.5. The molecule has 1 fully saturated rings. The number of anilines is 1. The van der Waals surface area contributed by atoms with Crippen LogP contribution in [0.1, 0.15) is 30.0 Å². The quantitative estimate of drug-likeness (QED) is 0.455. The number of nitrogens with one attached hydrogen (secondary N) is 1. The number of likely N-dealkylation sites (tertiary alicyclic amines) is 1. The van der Waals surface area contributed by atoms with E-state index in [1.54, 1.807) is 12.1 Å². The molecule has 0 spiro atoms. The van der Waals surface area contributed by atoms with E-state index in [4.69, 9.17) is 0 Å². The van der Waals surface area contributed by atoms with Gasteiger partial charge in [0.1, 0.15) is 6.33 Å². The predicted molar refractivity (Wildman–Crippen MR) is 123 cm³/mol. The summed E-state index contributed by atoms with van der Waals surface area (Å²) in [5, 5.41) is 2.28. The van der Waals surface area contributed by atoms with Crippen molar-refractivity contribution in [3.05, 3.63) is 84.2 Å². The summed E-state index contributed by atoms with van der Waals surface area (Å²) in [5.41, 5.74) is 2.57. The average Bonchev–Trinajstić information content (AvgIpc) is 3.45. The van der Waals surface area contributed by atoms with Crippen molar-refractivity contribution in [3.8, 4) is 0 Å². The van der Waals surface area contributed by atoms with Gasteiger partial charge in [-0.1, -0.05) is 54.6 Å². The maximum absolute atomic E-state index is 12.8. The van der Waals surface area contributed by atoms with Gasteiger partial charge >= 0.3 is 0 Å². The molecule has 2 heterocycles. The number of nitrogens with zero attached hydrogens (tertiary/aromatic N) is 3. The Balaban J connectivity index is 1.46. The van der Waals surface area contributed by atoms with Crippen LogP contribution in [0.4, 0.5) is 5.13 Å². The second-order valence-corrected chi connectivity index (χ2v) is 10.2. The molecule has 3 aromatic carbocycles. The maximum atomic E-state index is 12.8. The Labute approximate surface area is 185 Å². The molecule has 0 saturated carbocycles. The Morgan fingerprint density at radius 2 is 1.94 bits per heavy atom. The fourth-order valence-corrected chi connectivity index (χ4v) is 6.02. The van der Waals surface area contributed by atoms with Gasteiger partial charge in [0.05, 0.1) is 4.90 Å². The molecule has 31 heavy (non-hydrogen) atoms. The highest BCUT2D eigenvalue weighted by Crippen LogP contribution is 2.37. The highest BCUT2D eigenvalue weighted by molar-refractivity contribution is 7.93. The first-order valence-electron chi connectivity index (χ1n) is 10.2. The van der Waals surface area contributed by atoms with Crippen LogP contribution in [-0.2, 0) is 16.6 Å². The lowest BCUT2D eigenvalue weighted by molar-refractivity contribution is 0.250. The van der Waals surface area contributed by atoms with Crippen LogP contribution < -0.4 is 4.72 Å². The van der Waals surface area contributed by atoms with Crippen molar-refractivity contribution >= 4 is 37.5 Å². The van der Waals surface area contributed by atoms with Crippen molar-refractivity contribution in [1.29, 1.82) is 0 Å². The number of aromatic nitrogens is 2. The molecule has 0 aliphatic carbocycles. The highest BCUT2D eigenvalue weighted by Gasteiger charge is 2.27. The van der Waals surface area contributed by atoms with Crippen LogP contribution in [0.15, 0.2) is 78.0 Å². The number of sulfonamides is 1. The van der Waals surface area contributed by atoms with Gasteiger partial charge in [0.25, 0.3) is 10.0 Å². The number of benzene rings is 3. The van der Waals surface area contributed by atoms with Crippen LogP contribution in [0.5, 0.6) is 0 Å². The van der Waals surface area contributed by atoms with Gasteiger partial charge in [-0.25, -0.2) is 13.4 Å². The molecule has 0 radical (unpaired) electrons. The molecule has 5 rings (SSSR count). The van der Waals surface area contributed by atoms with Crippen LogP contribution in [0.25, 0.3) is 10.8 Å². The normalized spacial score (nSPS) is 17.2. The molecule has 1 aliphatic heterocycles. The number of hydrogen-bond acceptors (Lipinski definition) is 6. The predicted octanol–water partition coefficient (Wildman–Crippen LogP) is 4.83. The lowest BCUT2D eigenvalue weighted by Crippen LogP contribution is -2.23. The third-order valence-electron chi connectivity index (χ3n) is 5.73. The van der Waals surface area contributed by atoms with Crippen LogP contribution in [0.3, 0.4) is 0 Å². The van der Waals surface area contributed by atoms with E-state index in [-0.39, 0.29) is 10.0 Å². The largest absolute Gasteiger partial charge is 0.292 e. The van der Waals surface area contributed by atoms with E-state index in [1.807, 2.05) is 24.3 Å². The minimum atomic E-state index is -3.71. The Kier molecular flexibility index (Phi) is 5.43. The molecule has 1 aliphatic rings. The monoisotopic (exact) mass is 450 g/mol. The van der Waals surface area contributed by atoms with Crippen molar-refractivity contribution in [1.82, 2.24) is 14.3 Å². The smallest absolute Gasteiger partial charge is 0.263 e. The van der Waals surface area contributed by atoms with Gasteiger partial charge in [0.2, 0.25) is 5.13 Å². The molecular formula is C23H22N4O2S2. The van der Waals surface area contributed by atoms with Crippen molar-refractivity contribution < 1.29 is 8.42 Å². The van der Waals surface area contributed by atoms with E-state index in [0.717, 1.165) is 48.2 Å². The van der Waals surface area contributed by atoms with E-state index in [1.165, 1.54) is 17.5 Å². The third kappa shape index (κ3) is 4.19. The van der Waals surface area contributed by atoms with Crippen LogP contribution in [0.2, 0.25) is 0 Å². The summed E-state index contributed by atoms with van der Waals surface area (Å²) < 4.78 is 31.9. The SMILES string of the molecule is O=S(=O)(Nc1ncns1)c1ccc2c(C3CCCN3Cc3ccccc3)cccc2c1. The standard InChI is InChI=1S/C23H22N4O2S2/c28-31(29,26-23-24-16-25-30-23)19-11-12-20-18(14-19)8-4-9-21(20)22-10-5-13-27(22)15-17-6-2-1-3-7-17/h1-4,6-9,11-12,14,16,22H,5,10,13,15H2,(H,24,25,26). The Morgan fingerprint density at radius 3 is 2.74 bits per heavy atom. The Hall–Kier alpha value is -2.81. The molecule has 1 unspecified atom stereocenters. The third-order valence-corrected chi connectivity index (χ3v) is 7.78. The molecular weight excluding hydrogens is 428 g/mol. The fourth-order valence-electron chi connectivity index (χ4n) is 4.32. The van der Waals surface area contributed by atoms with Crippen molar-refractivity contribution in [3.63, 3.8) is 0 Å². The van der Waals surface area contributed by atoms with Crippen molar-refractivity contribution in [2.45, 2.75) is 30.3 Å². The zero-order valence-corrected chi connectivity index (χ0v) is 18.4. The Bertz CT molecular complexity index is 1290. The summed E-state index contributed by atoms with van der Waals surface area (Å²) in [4.78, 5) is 6.65. The van der Waals surface area contributed by atoms with E-state index >= 15 is 0 Å². The topological polar surface area (TPSA) is 75.2 Å². The molecule has 158 valence electrons. The number of rotatable bonds is 6. The van der Waals surface area contributed by atoms with Crippen LogP contribution in [-0.4, -0.2) is 29.2 Å². The van der Waals surface area contributed by atoms with Gasteiger partial charge in [0, 0.05) is 24.1 Å². The summed E-state index contributed by atoms with van der Waals surface area (Å²) in [5.74, 6) is 0. The molecule has 4 aromatic rings. The summed E-state index contributed by atoms with van der Waals surface area (Å²) >= 11 is 1.01. The zero-order chi connectivity index (χ0) is 21.3. The van der Waals surface area contributed by atoms with E-state index in [9.17, 15) is 8.42 Å². The van der Waals surface area contributed by atoms with E-state index in [2.05, 4.69) is 49.3 Å². The summed E-state index contributed by atoms with van der Waals surface area (Å²) in [6, 6.07) is 22.4. The zero-order valence-electron chi connectivity index (χ0n) is 16.8. The van der Waals surface area contributed by atoms with Gasteiger partial charge in [-0.05, 0) is 53.4 Å². The van der Waals surface area contributed by atoms with Gasteiger partial charge in [-0.2, -0.15) is 4.37 Å². The molecule has 1 N–H and O–H groups in total. The van der Waals surface area contributed by atoms with Crippen LogP contribution in [0, 0.1) is 0 Å². The second-order valence-electron chi connectivity index (χ2n) is 7.70. The lowest BCUT2D eigenvalue weighted by atomic mass is 9.97. The van der Waals surface area contributed by atoms with Gasteiger partial charge in [-0.15, -0.1) is 0 Å². The van der Waals surface area contributed by atoms with Crippen molar-refractivity contribution in [2.24, 2.45) is 0 Å².